The van der Waals surface area contributed by atoms with Crippen molar-refractivity contribution in [2.75, 3.05) is 17.4 Å². The zero-order valence-electron chi connectivity index (χ0n) is 12.0. The van der Waals surface area contributed by atoms with Crippen molar-refractivity contribution in [3.8, 4) is 0 Å². The highest BCUT2D eigenvalue weighted by Crippen LogP contribution is 2.29. The summed E-state index contributed by atoms with van der Waals surface area (Å²) in [6.45, 7) is 2.04. The number of sulfone groups is 1. The molecular weight excluding hydrogens is 308 g/mol. The predicted octanol–water partition coefficient (Wildman–Crippen LogP) is 2.88. The smallest absolute Gasteiger partial charge is 0.152 e. The van der Waals surface area contributed by atoms with Crippen molar-refractivity contribution in [2.24, 2.45) is 0 Å². The number of nitrogens with zero attached hydrogens (tertiary/aromatic N) is 2. The number of imidazole rings is 1. The predicted molar refractivity (Wildman–Crippen MR) is 85.8 cm³/mol. The second-order valence-corrected chi connectivity index (χ2v) is 8.35. The van der Waals surface area contributed by atoms with Gasteiger partial charge >= 0.3 is 0 Å². The molecule has 2 heterocycles. The highest BCUT2D eigenvalue weighted by atomic mass is 35.5. The van der Waals surface area contributed by atoms with E-state index in [-0.39, 0.29) is 11.8 Å². The molecule has 0 spiro atoms. The number of hydrogen-bond acceptors (Lipinski definition) is 3. The van der Waals surface area contributed by atoms with Crippen LogP contribution in [-0.4, -0.2) is 35.4 Å². The van der Waals surface area contributed by atoms with Crippen LogP contribution >= 0.6 is 11.6 Å². The van der Waals surface area contributed by atoms with E-state index < -0.39 is 9.84 Å². The molecule has 0 N–H and O–H groups in total. The average Bonchev–Trinajstić information content (AvgIpc) is 2.75. The molecule has 1 aliphatic rings. The van der Waals surface area contributed by atoms with E-state index in [1.807, 2.05) is 19.1 Å². The van der Waals surface area contributed by atoms with E-state index >= 15 is 0 Å². The van der Waals surface area contributed by atoms with Crippen LogP contribution in [0.25, 0.3) is 11.0 Å². The molecule has 21 heavy (non-hydrogen) atoms. The van der Waals surface area contributed by atoms with Gasteiger partial charge in [-0.2, -0.15) is 0 Å². The minimum Gasteiger partial charge on any atom is -0.324 e. The Balaban J connectivity index is 2.14. The Morgan fingerprint density at radius 1 is 1.43 bits per heavy atom. The molecular formula is C15H19ClN2O2S. The molecule has 1 fully saturated rings. The van der Waals surface area contributed by atoms with E-state index in [0.717, 1.165) is 35.3 Å². The van der Waals surface area contributed by atoms with Gasteiger partial charge in [-0.1, -0.05) is 6.07 Å². The van der Waals surface area contributed by atoms with Gasteiger partial charge in [-0.15, -0.1) is 11.6 Å². The van der Waals surface area contributed by atoms with E-state index in [0.29, 0.717) is 18.1 Å². The number of halogens is 1. The Hall–Kier alpha value is -1.07. The third-order valence-corrected chi connectivity index (χ3v) is 6.03. The van der Waals surface area contributed by atoms with E-state index in [1.165, 1.54) is 0 Å². The van der Waals surface area contributed by atoms with Crippen molar-refractivity contribution < 1.29 is 8.42 Å². The molecule has 114 valence electrons. The average molecular weight is 327 g/mol. The first kappa shape index (κ1) is 14.9. The summed E-state index contributed by atoms with van der Waals surface area (Å²) in [5.41, 5.74) is 3.10. The highest BCUT2D eigenvalue weighted by molar-refractivity contribution is 7.91. The molecule has 6 heteroatoms. The maximum atomic E-state index is 12.0. The number of alkyl halides is 1. The quantitative estimate of drug-likeness (QED) is 0.815. The third-order valence-electron chi connectivity index (χ3n) is 4.04. The van der Waals surface area contributed by atoms with Crippen LogP contribution in [0.15, 0.2) is 18.2 Å². The van der Waals surface area contributed by atoms with Gasteiger partial charge < -0.3 is 4.57 Å². The lowest BCUT2D eigenvalue weighted by Gasteiger charge is -2.25. The molecule has 2 aromatic rings. The standard InChI is InChI=1S/C15H19ClN2O2S/c1-11-4-5-13-14(9-11)18(15(17-13)6-7-16)12-3-2-8-21(19,20)10-12/h4-5,9,12H,2-3,6-8,10H2,1H3. The Labute approximate surface area is 130 Å². The molecule has 1 aliphatic heterocycles. The van der Waals surface area contributed by atoms with Crippen molar-refractivity contribution in [1.82, 2.24) is 9.55 Å². The van der Waals surface area contributed by atoms with Gasteiger partial charge in [0.1, 0.15) is 5.82 Å². The first-order valence-electron chi connectivity index (χ1n) is 7.24. The van der Waals surface area contributed by atoms with Crippen LogP contribution in [-0.2, 0) is 16.3 Å². The Morgan fingerprint density at radius 3 is 2.95 bits per heavy atom. The molecule has 1 aromatic carbocycles. The summed E-state index contributed by atoms with van der Waals surface area (Å²) in [5, 5.41) is 0. The largest absolute Gasteiger partial charge is 0.324 e. The molecule has 1 atom stereocenters. The van der Waals surface area contributed by atoms with Gasteiger partial charge in [0.05, 0.1) is 22.5 Å². The summed E-state index contributed by atoms with van der Waals surface area (Å²) in [5.74, 6) is 1.90. The summed E-state index contributed by atoms with van der Waals surface area (Å²) < 4.78 is 26.0. The molecule has 1 saturated heterocycles. The van der Waals surface area contributed by atoms with Crippen LogP contribution in [0.5, 0.6) is 0 Å². The maximum Gasteiger partial charge on any atom is 0.152 e. The number of rotatable bonds is 3. The molecule has 0 amide bonds. The lowest BCUT2D eigenvalue weighted by molar-refractivity contribution is 0.468. The lowest BCUT2D eigenvalue weighted by atomic mass is 10.1. The van der Waals surface area contributed by atoms with Gasteiger partial charge in [-0.25, -0.2) is 13.4 Å². The minimum absolute atomic E-state index is 0.0197. The Morgan fingerprint density at radius 2 is 2.24 bits per heavy atom. The fourth-order valence-electron chi connectivity index (χ4n) is 3.12. The minimum atomic E-state index is -2.95. The topological polar surface area (TPSA) is 52.0 Å². The maximum absolute atomic E-state index is 12.0. The van der Waals surface area contributed by atoms with Crippen LogP contribution in [0.1, 0.15) is 30.3 Å². The van der Waals surface area contributed by atoms with Gasteiger partial charge in [-0.3, -0.25) is 0 Å². The molecule has 0 aliphatic carbocycles. The van der Waals surface area contributed by atoms with Crippen molar-refractivity contribution in [3.63, 3.8) is 0 Å². The summed E-state index contributed by atoms with van der Waals surface area (Å²) in [4.78, 5) is 4.65. The first-order chi connectivity index (χ1) is 10.00. The lowest BCUT2D eigenvalue weighted by Crippen LogP contribution is -2.28. The molecule has 3 rings (SSSR count). The number of benzene rings is 1. The van der Waals surface area contributed by atoms with Gasteiger partial charge in [0.2, 0.25) is 0 Å². The molecule has 4 nitrogen and oxygen atoms in total. The van der Waals surface area contributed by atoms with Crippen LogP contribution < -0.4 is 0 Å². The summed E-state index contributed by atoms with van der Waals surface area (Å²) in [6, 6.07) is 6.09. The van der Waals surface area contributed by atoms with E-state index in [2.05, 4.69) is 15.6 Å². The Bertz CT molecular complexity index is 767. The number of aryl methyl sites for hydroxylation is 2. The van der Waals surface area contributed by atoms with E-state index in [4.69, 9.17) is 11.6 Å². The number of hydrogen-bond donors (Lipinski definition) is 0. The fraction of sp³-hybridized carbons (Fsp3) is 0.533. The number of aromatic nitrogens is 2. The van der Waals surface area contributed by atoms with Crippen molar-refractivity contribution in [1.29, 1.82) is 0 Å². The van der Waals surface area contributed by atoms with Crippen molar-refractivity contribution in [3.05, 3.63) is 29.6 Å². The fourth-order valence-corrected chi connectivity index (χ4v) is 4.97. The van der Waals surface area contributed by atoms with Crippen LogP contribution in [0.2, 0.25) is 0 Å². The highest BCUT2D eigenvalue weighted by Gasteiger charge is 2.28. The van der Waals surface area contributed by atoms with E-state index in [1.54, 1.807) is 0 Å². The van der Waals surface area contributed by atoms with Gasteiger partial charge in [0.25, 0.3) is 0 Å². The third kappa shape index (κ3) is 2.94. The molecule has 0 saturated carbocycles. The number of fused-ring (bicyclic) bond motifs is 1. The van der Waals surface area contributed by atoms with Crippen molar-refractivity contribution in [2.45, 2.75) is 32.2 Å². The first-order valence-corrected chi connectivity index (χ1v) is 9.59. The normalized spacial score (nSPS) is 21.7. The SMILES string of the molecule is Cc1ccc2nc(CCCl)n(C3CCCS(=O)(=O)C3)c2c1. The van der Waals surface area contributed by atoms with Crippen LogP contribution in [0.4, 0.5) is 0 Å². The summed E-state index contributed by atoms with van der Waals surface area (Å²) in [6.07, 6.45) is 2.26. The molecule has 1 unspecified atom stereocenters. The van der Waals surface area contributed by atoms with Gasteiger partial charge in [0.15, 0.2) is 9.84 Å². The van der Waals surface area contributed by atoms with Crippen molar-refractivity contribution >= 4 is 32.5 Å². The molecule has 0 bridgehead atoms. The van der Waals surface area contributed by atoms with E-state index in [9.17, 15) is 8.42 Å². The second kappa shape index (κ2) is 5.61. The second-order valence-electron chi connectivity index (χ2n) is 5.74. The van der Waals surface area contributed by atoms with Gasteiger partial charge in [-0.05, 0) is 37.5 Å². The van der Waals surface area contributed by atoms with Gasteiger partial charge in [0, 0.05) is 18.3 Å². The zero-order chi connectivity index (χ0) is 15.0. The van der Waals surface area contributed by atoms with Crippen LogP contribution in [0.3, 0.4) is 0 Å². The monoisotopic (exact) mass is 326 g/mol. The molecule has 0 radical (unpaired) electrons. The Kier molecular flexibility index (Phi) is 3.97. The zero-order valence-corrected chi connectivity index (χ0v) is 13.6. The summed E-state index contributed by atoms with van der Waals surface area (Å²) >= 11 is 5.89. The summed E-state index contributed by atoms with van der Waals surface area (Å²) in [7, 11) is -2.95. The van der Waals surface area contributed by atoms with Crippen LogP contribution in [0, 0.1) is 6.92 Å². The molecule has 1 aromatic heterocycles.